The molecule has 0 bridgehead atoms. The molecule has 0 saturated carbocycles. The Morgan fingerprint density at radius 3 is 2.42 bits per heavy atom. The van der Waals surface area contributed by atoms with E-state index >= 15 is 0 Å². The number of pyridine rings is 1. The van der Waals surface area contributed by atoms with Gasteiger partial charge in [0.15, 0.2) is 0 Å². The molecule has 0 spiro atoms. The monoisotopic (exact) mass is 475 g/mol. The first-order valence-corrected chi connectivity index (χ1v) is 11.5. The lowest BCUT2D eigenvalue weighted by molar-refractivity contribution is -0.140. The number of para-hydroxylation sites is 1. The second-order valence-corrected chi connectivity index (χ2v) is 9.76. The normalized spacial score (nSPS) is 19.0. The molecule has 5 nitrogen and oxygen atoms in total. The summed E-state index contributed by atoms with van der Waals surface area (Å²) >= 11 is 0.906. The SMILES string of the molecule is Cc1c(C(=O)Nc2ccccc2C(=O)N2CC(C)CC(C)C2)sc2nc(C(F)(F)F)ccc12. The minimum atomic E-state index is -4.56. The van der Waals surface area contributed by atoms with Gasteiger partial charge in [0.05, 0.1) is 16.1 Å². The first-order valence-electron chi connectivity index (χ1n) is 10.7. The summed E-state index contributed by atoms with van der Waals surface area (Å²) in [7, 11) is 0. The largest absolute Gasteiger partial charge is 0.433 e. The number of halogens is 3. The van der Waals surface area contributed by atoms with Gasteiger partial charge in [-0.1, -0.05) is 26.0 Å². The summed E-state index contributed by atoms with van der Waals surface area (Å²) in [5, 5.41) is 3.29. The molecule has 1 aromatic carbocycles. The molecule has 9 heteroatoms. The van der Waals surface area contributed by atoms with Crippen LogP contribution >= 0.6 is 11.3 Å². The number of anilines is 1. The average Bonchev–Trinajstić information content (AvgIpc) is 3.08. The predicted molar refractivity (Wildman–Crippen MR) is 123 cm³/mol. The van der Waals surface area contributed by atoms with Crippen molar-refractivity contribution in [1.29, 1.82) is 0 Å². The third kappa shape index (κ3) is 4.73. The zero-order valence-corrected chi connectivity index (χ0v) is 19.3. The molecular weight excluding hydrogens is 451 g/mol. The molecule has 0 aliphatic carbocycles. The van der Waals surface area contributed by atoms with Crippen molar-refractivity contribution in [2.24, 2.45) is 11.8 Å². The molecule has 1 N–H and O–H groups in total. The quantitative estimate of drug-likeness (QED) is 0.506. The third-order valence-electron chi connectivity index (χ3n) is 5.86. The number of hydrogen-bond acceptors (Lipinski definition) is 4. The minimum absolute atomic E-state index is 0.145. The summed E-state index contributed by atoms with van der Waals surface area (Å²) in [5.74, 6) is 0.169. The van der Waals surface area contributed by atoms with Crippen LogP contribution in [0.5, 0.6) is 0 Å². The topological polar surface area (TPSA) is 62.3 Å². The molecule has 1 saturated heterocycles. The fourth-order valence-corrected chi connectivity index (χ4v) is 5.51. The van der Waals surface area contributed by atoms with Crippen LogP contribution < -0.4 is 5.32 Å². The number of hydrogen-bond donors (Lipinski definition) is 1. The van der Waals surface area contributed by atoms with Crippen LogP contribution in [0.2, 0.25) is 0 Å². The molecule has 4 rings (SSSR count). The van der Waals surface area contributed by atoms with Gasteiger partial charge < -0.3 is 10.2 Å². The van der Waals surface area contributed by atoms with Crippen molar-refractivity contribution in [2.75, 3.05) is 18.4 Å². The van der Waals surface area contributed by atoms with E-state index in [1.54, 1.807) is 31.2 Å². The van der Waals surface area contributed by atoms with Crippen molar-refractivity contribution in [3.05, 3.63) is 58.1 Å². The van der Waals surface area contributed by atoms with E-state index in [-0.39, 0.29) is 15.6 Å². The summed E-state index contributed by atoms with van der Waals surface area (Å²) in [4.78, 5) is 32.2. The number of rotatable bonds is 3. The number of likely N-dealkylation sites (tertiary alicyclic amines) is 1. The van der Waals surface area contributed by atoms with Gasteiger partial charge in [-0.3, -0.25) is 9.59 Å². The minimum Gasteiger partial charge on any atom is -0.338 e. The van der Waals surface area contributed by atoms with Gasteiger partial charge in [-0.2, -0.15) is 13.2 Å². The van der Waals surface area contributed by atoms with Gasteiger partial charge in [0.1, 0.15) is 10.5 Å². The number of nitrogens with one attached hydrogen (secondary N) is 1. The van der Waals surface area contributed by atoms with Crippen LogP contribution in [-0.4, -0.2) is 34.8 Å². The highest BCUT2D eigenvalue weighted by molar-refractivity contribution is 7.20. The van der Waals surface area contributed by atoms with E-state index in [1.165, 1.54) is 6.07 Å². The van der Waals surface area contributed by atoms with E-state index in [0.717, 1.165) is 23.8 Å². The van der Waals surface area contributed by atoms with Crippen molar-refractivity contribution in [3.63, 3.8) is 0 Å². The van der Waals surface area contributed by atoms with Gasteiger partial charge in [-0.15, -0.1) is 11.3 Å². The molecule has 2 aromatic heterocycles. The fraction of sp³-hybridized carbons (Fsp3) is 0.375. The molecular formula is C24H24F3N3O2S. The van der Waals surface area contributed by atoms with Crippen molar-refractivity contribution in [3.8, 4) is 0 Å². The van der Waals surface area contributed by atoms with Crippen LogP contribution in [0.15, 0.2) is 36.4 Å². The molecule has 0 radical (unpaired) electrons. The molecule has 2 atom stereocenters. The lowest BCUT2D eigenvalue weighted by atomic mass is 9.91. The number of aromatic nitrogens is 1. The molecule has 1 fully saturated rings. The number of nitrogens with zero attached hydrogens (tertiary/aromatic N) is 2. The van der Waals surface area contributed by atoms with Crippen LogP contribution in [0, 0.1) is 18.8 Å². The molecule has 1 aliphatic rings. The Kier molecular flexibility index (Phi) is 6.18. The smallest absolute Gasteiger partial charge is 0.338 e. The highest BCUT2D eigenvalue weighted by Gasteiger charge is 2.33. The Bertz CT molecular complexity index is 1210. The third-order valence-corrected chi connectivity index (χ3v) is 7.06. The lowest BCUT2D eigenvalue weighted by Gasteiger charge is -2.35. The fourth-order valence-electron chi connectivity index (χ4n) is 4.43. The van der Waals surface area contributed by atoms with Crippen molar-refractivity contribution >= 4 is 39.1 Å². The number of carbonyl (C=O) groups is 2. The van der Waals surface area contributed by atoms with Crippen LogP contribution in [0.3, 0.4) is 0 Å². The summed E-state index contributed by atoms with van der Waals surface area (Å²) in [5.41, 5.74) is 0.322. The maximum absolute atomic E-state index is 13.2. The Balaban J connectivity index is 1.61. The second-order valence-electron chi connectivity index (χ2n) is 8.76. The number of alkyl halides is 3. The number of aryl methyl sites for hydroxylation is 1. The van der Waals surface area contributed by atoms with Crippen LogP contribution in [0.25, 0.3) is 10.2 Å². The van der Waals surface area contributed by atoms with Crippen molar-refractivity contribution in [1.82, 2.24) is 9.88 Å². The number of benzene rings is 1. The zero-order chi connectivity index (χ0) is 23.9. The van der Waals surface area contributed by atoms with Gasteiger partial charge in [-0.25, -0.2) is 4.98 Å². The molecule has 3 heterocycles. The van der Waals surface area contributed by atoms with Crippen LogP contribution in [-0.2, 0) is 6.18 Å². The number of thiophene rings is 1. The second kappa shape index (κ2) is 8.78. The number of carbonyl (C=O) groups excluding carboxylic acids is 2. The summed E-state index contributed by atoms with van der Waals surface area (Å²) in [6, 6.07) is 9.05. The Morgan fingerprint density at radius 1 is 1.09 bits per heavy atom. The van der Waals surface area contributed by atoms with Gasteiger partial charge >= 0.3 is 6.18 Å². The molecule has 3 aromatic rings. The Morgan fingerprint density at radius 2 is 1.76 bits per heavy atom. The zero-order valence-electron chi connectivity index (χ0n) is 18.5. The van der Waals surface area contributed by atoms with E-state index in [9.17, 15) is 22.8 Å². The number of fused-ring (bicyclic) bond motifs is 1. The van der Waals surface area contributed by atoms with Gasteiger partial charge in [-0.05, 0) is 55.0 Å². The first-order chi connectivity index (χ1) is 15.5. The molecule has 2 unspecified atom stereocenters. The molecule has 2 amide bonds. The molecule has 1 aliphatic heterocycles. The summed E-state index contributed by atoms with van der Waals surface area (Å²) in [6.45, 7) is 7.23. The maximum atomic E-state index is 13.2. The Labute approximate surface area is 193 Å². The number of piperidine rings is 1. The highest BCUT2D eigenvalue weighted by atomic mass is 32.1. The van der Waals surface area contributed by atoms with Crippen molar-refractivity contribution in [2.45, 2.75) is 33.4 Å². The summed E-state index contributed by atoms with van der Waals surface area (Å²) in [6.07, 6.45) is -3.49. The highest BCUT2D eigenvalue weighted by Crippen LogP contribution is 2.35. The van der Waals surface area contributed by atoms with E-state index in [1.807, 2.05) is 4.90 Å². The average molecular weight is 476 g/mol. The van der Waals surface area contributed by atoms with E-state index in [0.29, 0.717) is 47.1 Å². The summed E-state index contributed by atoms with van der Waals surface area (Å²) < 4.78 is 39.1. The lowest BCUT2D eigenvalue weighted by Crippen LogP contribution is -2.42. The van der Waals surface area contributed by atoms with Gasteiger partial charge in [0.2, 0.25) is 0 Å². The number of amides is 2. The Hall–Kier alpha value is -2.94. The van der Waals surface area contributed by atoms with Gasteiger partial charge in [0, 0.05) is 18.5 Å². The van der Waals surface area contributed by atoms with Crippen LogP contribution in [0.1, 0.15) is 51.6 Å². The van der Waals surface area contributed by atoms with E-state index in [4.69, 9.17) is 0 Å². The van der Waals surface area contributed by atoms with E-state index in [2.05, 4.69) is 24.1 Å². The molecule has 33 heavy (non-hydrogen) atoms. The van der Waals surface area contributed by atoms with Gasteiger partial charge in [0.25, 0.3) is 11.8 Å². The predicted octanol–water partition coefficient (Wildman–Crippen LogP) is 5.99. The standard InChI is InChI=1S/C24H24F3N3O2S/c1-13-10-14(2)12-30(11-13)23(32)17-6-4-5-7-18(17)28-21(31)20-15(3)16-8-9-19(24(25,26)27)29-22(16)33-20/h4-9,13-14H,10-12H2,1-3H3,(H,28,31). The first kappa shape index (κ1) is 23.2. The van der Waals surface area contributed by atoms with E-state index < -0.39 is 17.8 Å². The maximum Gasteiger partial charge on any atom is 0.433 e. The molecule has 174 valence electrons. The van der Waals surface area contributed by atoms with Crippen molar-refractivity contribution < 1.29 is 22.8 Å². The van der Waals surface area contributed by atoms with Crippen LogP contribution in [0.4, 0.5) is 18.9 Å².